The number of likely N-dealkylation sites (tertiary alicyclic amines) is 1. The van der Waals surface area contributed by atoms with Crippen molar-refractivity contribution in [2.75, 3.05) is 38.2 Å². The quantitative estimate of drug-likeness (QED) is 0.425. The molecule has 2 aliphatic rings. The predicted molar refractivity (Wildman–Crippen MR) is 153 cm³/mol. The number of rotatable bonds is 7. The van der Waals surface area contributed by atoms with Crippen molar-refractivity contribution in [2.45, 2.75) is 52.5 Å². The minimum absolute atomic E-state index is 0.0159. The van der Waals surface area contributed by atoms with E-state index in [-0.39, 0.29) is 11.9 Å². The van der Waals surface area contributed by atoms with Crippen LogP contribution in [-0.4, -0.2) is 77.9 Å². The van der Waals surface area contributed by atoms with Crippen LogP contribution in [0.4, 0.5) is 4.39 Å². The van der Waals surface area contributed by atoms with Crippen LogP contribution in [-0.2, 0) is 16.3 Å². The van der Waals surface area contributed by atoms with E-state index in [2.05, 4.69) is 23.0 Å². The van der Waals surface area contributed by atoms with E-state index >= 15 is 0 Å². The Balaban J connectivity index is 1.41. The Kier molecular flexibility index (Phi) is 7.84. The van der Waals surface area contributed by atoms with Crippen molar-refractivity contribution >= 4 is 26.6 Å². The van der Waals surface area contributed by atoms with Crippen LogP contribution in [0.3, 0.4) is 0 Å². The minimum atomic E-state index is -2.84. The van der Waals surface area contributed by atoms with Gasteiger partial charge in [0.25, 0.3) is 5.91 Å². The molecule has 39 heavy (non-hydrogen) atoms. The molecule has 0 N–H and O–H groups in total. The Morgan fingerprint density at radius 3 is 2.62 bits per heavy atom. The summed E-state index contributed by atoms with van der Waals surface area (Å²) < 4.78 is 40.0. The van der Waals surface area contributed by atoms with Gasteiger partial charge in [-0.15, -0.1) is 0 Å². The molecule has 7 nitrogen and oxygen atoms in total. The molecule has 9 heteroatoms. The summed E-state index contributed by atoms with van der Waals surface area (Å²) in [6.45, 7) is 8.94. The average Bonchev–Trinajstić information content (AvgIpc) is 3.49. The molecule has 5 rings (SSSR count). The number of aryl methyl sites for hydroxylation is 1. The van der Waals surface area contributed by atoms with Crippen LogP contribution in [0.1, 0.15) is 54.6 Å². The summed E-state index contributed by atoms with van der Waals surface area (Å²) in [7, 11) is -1.10. The lowest BCUT2D eigenvalue weighted by Gasteiger charge is -2.26. The third-order valence-electron chi connectivity index (χ3n) is 8.59. The van der Waals surface area contributed by atoms with Gasteiger partial charge in [0.1, 0.15) is 15.7 Å². The highest BCUT2D eigenvalue weighted by Crippen LogP contribution is 2.33. The van der Waals surface area contributed by atoms with Crippen molar-refractivity contribution in [2.24, 2.45) is 11.8 Å². The normalized spacial score (nSPS) is 20.2. The highest BCUT2D eigenvalue weighted by molar-refractivity contribution is 7.91. The zero-order valence-electron chi connectivity index (χ0n) is 23.4. The molecule has 0 bridgehead atoms. The summed E-state index contributed by atoms with van der Waals surface area (Å²) in [5.41, 5.74) is 4.18. The average molecular weight is 555 g/mol. The molecule has 2 aliphatic heterocycles. The Morgan fingerprint density at radius 2 is 1.90 bits per heavy atom. The number of halogens is 1. The summed E-state index contributed by atoms with van der Waals surface area (Å²) >= 11 is 0. The van der Waals surface area contributed by atoms with Gasteiger partial charge in [-0.05, 0) is 94.2 Å². The van der Waals surface area contributed by atoms with Crippen molar-refractivity contribution in [3.05, 3.63) is 59.3 Å². The number of fused-ring (bicyclic) bond motifs is 1. The maximum absolute atomic E-state index is 14.4. The molecule has 4 heterocycles. The number of amides is 1. The summed E-state index contributed by atoms with van der Waals surface area (Å²) in [6.07, 6.45) is 9.35. The Labute approximate surface area is 230 Å². The molecule has 2 aromatic heterocycles. The van der Waals surface area contributed by atoms with Crippen molar-refractivity contribution < 1.29 is 17.6 Å². The summed E-state index contributed by atoms with van der Waals surface area (Å²) in [4.78, 5) is 21.9. The van der Waals surface area contributed by atoms with Crippen LogP contribution in [0, 0.1) is 24.6 Å². The number of hydrogen-bond donors (Lipinski definition) is 0. The number of aromatic nitrogens is 2. The van der Waals surface area contributed by atoms with Gasteiger partial charge >= 0.3 is 0 Å². The molecule has 0 spiro atoms. The first-order valence-electron chi connectivity index (χ1n) is 14.0. The smallest absolute Gasteiger partial charge is 0.256 e. The maximum atomic E-state index is 14.4. The van der Waals surface area contributed by atoms with E-state index in [1.54, 1.807) is 18.0 Å². The van der Waals surface area contributed by atoms with E-state index in [4.69, 9.17) is 0 Å². The largest absolute Gasteiger partial charge is 0.339 e. The topological polar surface area (TPSA) is 75.5 Å². The van der Waals surface area contributed by atoms with Gasteiger partial charge in [-0.25, -0.2) is 12.8 Å². The summed E-state index contributed by atoms with van der Waals surface area (Å²) in [6, 6.07) is 4.40. The maximum Gasteiger partial charge on any atom is 0.256 e. The van der Waals surface area contributed by atoms with Crippen molar-refractivity contribution in [3.8, 4) is 5.69 Å². The number of carbonyl (C=O) groups is 1. The first-order valence-corrected chi connectivity index (χ1v) is 15.8. The van der Waals surface area contributed by atoms with Crippen molar-refractivity contribution in [3.63, 3.8) is 0 Å². The SMILES string of the molecule is Cc1cncc2c1c(C[C@H]1CCN(CC3CCS(=O)(=O)CC3)C1)cn2-c1ccc(F)cc1C(=O)N(C)C(C)C. The molecule has 0 radical (unpaired) electrons. The zero-order valence-corrected chi connectivity index (χ0v) is 24.2. The second-order valence-corrected chi connectivity index (χ2v) is 14.1. The molecule has 0 unspecified atom stereocenters. The van der Waals surface area contributed by atoms with Crippen LogP contribution in [0.2, 0.25) is 0 Å². The Morgan fingerprint density at radius 1 is 1.15 bits per heavy atom. The van der Waals surface area contributed by atoms with Gasteiger partial charge in [0, 0.05) is 44.0 Å². The minimum Gasteiger partial charge on any atom is -0.339 e. The molecule has 2 saturated heterocycles. The van der Waals surface area contributed by atoms with Gasteiger partial charge in [0.15, 0.2) is 0 Å². The summed E-state index contributed by atoms with van der Waals surface area (Å²) in [5, 5.41) is 1.14. The molecule has 0 aliphatic carbocycles. The molecular formula is C30H39FN4O3S. The standard InChI is InChI=1S/C30H39FN4O3S/c1-20(2)33(4)30(36)26-14-25(31)5-6-27(26)35-19-24(29-21(3)15-32-16-28(29)35)13-23-7-10-34(18-23)17-22-8-11-39(37,38)12-9-22/h5-6,14-16,19-20,22-23H,7-13,17-18H2,1-4H3/t23-/m1/s1. The van der Waals surface area contributed by atoms with Crippen LogP contribution < -0.4 is 0 Å². The molecule has 2 fully saturated rings. The number of benzene rings is 1. The number of carbonyl (C=O) groups excluding carboxylic acids is 1. The molecule has 1 amide bonds. The lowest BCUT2D eigenvalue weighted by molar-refractivity contribution is 0.0754. The number of pyridine rings is 1. The lowest BCUT2D eigenvalue weighted by atomic mass is 9.97. The third kappa shape index (κ3) is 5.89. The van der Waals surface area contributed by atoms with Gasteiger partial charge in [-0.2, -0.15) is 0 Å². The van der Waals surface area contributed by atoms with Gasteiger partial charge < -0.3 is 14.4 Å². The summed E-state index contributed by atoms with van der Waals surface area (Å²) in [5.74, 6) is 0.939. The highest BCUT2D eigenvalue weighted by Gasteiger charge is 2.30. The van der Waals surface area contributed by atoms with Crippen LogP contribution >= 0.6 is 0 Å². The van der Waals surface area contributed by atoms with E-state index in [1.807, 2.05) is 30.8 Å². The fourth-order valence-electron chi connectivity index (χ4n) is 6.15. The molecule has 1 atom stereocenters. The Bertz CT molecular complexity index is 1470. The number of sulfone groups is 1. The lowest BCUT2D eigenvalue weighted by Crippen LogP contribution is -2.33. The predicted octanol–water partition coefficient (Wildman–Crippen LogP) is 4.64. The molecule has 0 saturated carbocycles. The molecular weight excluding hydrogens is 515 g/mol. The fourth-order valence-corrected chi connectivity index (χ4v) is 7.74. The van der Waals surface area contributed by atoms with Crippen LogP contribution in [0.15, 0.2) is 36.8 Å². The van der Waals surface area contributed by atoms with Crippen LogP contribution in [0.25, 0.3) is 16.6 Å². The number of hydrogen-bond acceptors (Lipinski definition) is 5. The van der Waals surface area contributed by atoms with E-state index in [1.165, 1.54) is 17.7 Å². The second-order valence-electron chi connectivity index (χ2n) is 11.8. The first-order chi connectivity index (χ1) is 18.5. The molecule has 210 valence electrons. The molecule has 3 aromatic rings. The first kappa shape index (κ1) is 27.8. The van der Waals surface area contributed by atoms with Crippen LogP contribution in [0.5, 0.6) is 0 Å². The van der Waals surface area contributed by atoms with Crippen molar-refractivity contribution in [1.29, 1.82) is 0 Å². The number of nitrogens with zero attached hydrogens (tertiary/aromatic N) is 4. The monoisotopic (exact) mass is 554 g/mol. The Hall–Kier alpha value is -2.78. The fraction of sp³-hybridized carbons (Fsp3) is 0.533. The van der Waals surface area contributed by atoms with Gasteiger partial charge in [-0.3, -0.25) is 9.78 Å². The van der Waals surface area contributed by atoms with E-state index < -0.39 is 15.7 Å². The van der Waals surface area contributed by atoms with E-state index in [0.717, 1.165) is 61.8 Å². The van der Waals surface area contributed by atoms with Gasteiger partial charge in [-0.1, -0.05) is 0 Å². The van der Waals surface area contributed by atoms with Gasteiger partial charge in [0.05, 0.1) is 34.5 Å². The third-order valence-corrected chi connectivity index (χ3v) is 10.3. The van der Waals surface area contributed by atoms with Crippen molar-refractivity contribution in [1.82, 2.24) is 19.4 Å². The second kappa shape index (κ2) is 11.0. The highest BCUT2D eigenvalue weighted by atomic mass is 32.2. The molecule has 1 aromatic carbocycles. The van der Waals surface area contributed by atoms with E-state index in [9.17, 15) is 17.6 Å². The zero-order chi connectivity index (χ0) is 27.9. The van der Waals surface area contributed by atoms with E-state index in [0.29, 0.717) is 34.6 Å². The van der Waals surface area contributed by atoms with Gasteiger partial charge in [0.2, 0.25) is 0 Å².